The summed E-state index contributed by atoms with van der Waals surface area (Å²) in [7, 11) is 1.54. The second-order valence-electron chi connectivity index (χ2n) is 6.34. The number of nitrogens with zero attached hydrogens (tertiary/aromatic N) is 1. The number of rotatable bonds is 7. The number of anilines is 1. The maximum Gasteiger partial charge on any atom is 0.264 e. The summed E-state index contributed by atoms with van der Waals surface area (Å²) in [6, 6.07) is 18.8. The third-order valence-corrected chi connectivity index (χ3v) is 4.59. The number of methoxy groups -OCH3 is 1. The summed E-state index contributed by atoms with van der Waals surface area (Å²) in [6.07, 6.45) is 0. The van der Waals surface area contributed by atoms with Gasteiger partial charge in [0.05, 0.1) is 18.4 Å². The SMILES string of the molecule is CCN(C(=O)COc1cc(OC)ccc1C(C)=O)c1cccc2ccccc12. The van der Waals surface area contributed by atoms with Crippen LogP contribution in [0.15, 0.2) is 60.7 Å². The van der Waals surface area contributed by atoms with E-state index in [1.165, 1.54) is 14.0 Å². The molecule has 3 aromatic carbocycles. The lowest BCUT2D eigenvalue weighted by Gasteiger charge is -2.23. The number of ketones is 1. The van der Waals surface area contributed by atoms with Crippen molar-refractivity contribution in [3.05, 3.63) is 66.2 Å². The molecule has 0 aliphatic heterocycles. The molecule has 0 unspecified atom stereocenters. The van der Waals surface area contributed by atoms with Gasteiger partial charge in [-0.15, -0.1) is 0 Å². The molecule has 5 nitrogen and oxygen atoms in total. The first-order chi connectivity index (χ1) is 13.5. The Hall–Kier alpha value is -3.34. The predicted octanol–water partition coefficient (Wildman–Crippen LogP) is 4.48. The first kappa shape index (κ1) is 19.4. The van der Waals surface area contributed by atoms with Crippen molar-refractivity contribution in [2.75, 3.05) is 25.2 Å². The van der Waals surface area contributed by atoms with Crippen LogP contribution >= 0.6 is 0 Å². The number of hydrogen-bond acceptors (Lipinski definition) is 4. The second-order valence-corrected chi connectivity index (χ2v) is 6.34. The number of fused-ring (bicyclic) bond motifs is 1. The normalized spacial score (nSPS) is 10.5. The van der Waals surface area contributed by atoms with Gasteiger partial charge in [0, 0.05) is 18.0 Å². The number of likely N-dealkylation sites (N-methyl/N-ethyl adjacent to an activating group) is 1. The first-order valence-electron chi connectivity index (χ1n) is 9.15. The van der Waals surface area contributed by atoms with Crippen molar-refractivity contribution in [2.45, 2.75) is 13.8 Å². The number of Topliss-reactive ketones (excluding diaryl/α,β-unsaturated/α-hetero) is 1. The molecule has 0 heterocycles. The van der Waals surface area contributed by atoms with E-state index in [0.29, 0.717) is 23.6 Å². The van der Waals surface area contributed by atoms with Crippen molar-refractivity contribution in [2.24, 2.45) is 0 Å². The molecule has 0 spiro atoms. The number of hydrogen-bond donors (Lipinski definition) is 0. The van der Waals surface area contributed by atoms with Gasteiger partial charge >= 0.3 is 0 Å². The van der Waals surface area contributed by atoms with Gasteiger partial charge in [0.15, 0.2) is 12.4 Å². The van der Waals surface area contributed by atoms with Crippen molar-refractivity contribution in [1.82, 2.24) is 0 Å². The van der Waals surface area contributed by atoms with Gasteiger partial charge < -0.3 is 14.4 Å². The zero-order valence-electron chi connectivity index (χ0n) is 16.3. The van der Waals surface area contributed by atoms with E-state index in [1.807, 2.05) is 49.4 Å². The van der Waals surface area contributed by atoms with Gasteiger partial charge in [-0.1, -0.05) is 36.4 Å². The van der Waals surface area contributed by atoms with Gasteiger partial charge in [0.2, 0.25) is 0 Å². The van der Waals surface area contributed by atoms with Crippen LogP contribution in [0.25, 0.3) is 10.8 Å². The summed E-state index contributed by atoms with van der Waals surface area (Å²) in [5.41, 5.74) is 1.26. The standard InChI is InChI=1S/C23H23NO4/c1-4-24(21-11-7-9-17-8-5-6-10-20(17)21)23(26)15-28-22-14-18(27-3)12-13-19(22)16(2)25/h5-14H,4,15H2,1-3H3. The quantitative estimate of drug-likeness (QED) is 0.570. The summed E-state index contributed by atoms with van der Waals surface area (Å²) < 4.78 is 10.9. The van der Waals surface area contributed by atoms with E-state index in [4.69, 9.17) is 9.47 Å². The molecule has 28 heavy (non-hydrogen) atoms. The molecular weight excluding hydrogens is 354 g/mol. The Kier molecular flexibility index (Phi) is 5.94. The van der Waals surface area contributed by atoms with Crippen molar-refractivity contribution < 1.29 is 19.1 Å². The van der Waals surface area contributed by atoms with Crippen LogP contribution in [0, 0.1) is 0 Å². The van der Waals surface area contributed by atoms with Crippen molar-refractivity contribution in [3.8, 4) is 11.5 Å². The first-order valence-corrected chi connectivity index (χ1v) is 9.15. The summed E-state index contributed by atoms with van der Waals surface area (Å²) in [4.78, 5) is 26.5. The van der Waals surface area contributed by atoms with E-state index in [-0.39, 0.29) is 18.3 Å². The van der Waals surface area contributed by atoms with Crippen LogP contribution in [-0.2, 0) is 4.79 Å². The molecule has 144 valence electrons. The highest BCUT2D eigenvalue weighted by Gasteiger charge is 2.18. The Morgan fingerprint density at radius 1 is 1.00 bits per heavy atom. The average molecular weight is 377 g/mol. The molecule has 1 amide bonds. The molecule has 3 rings (SSSR count). The van der Waals surface area contributed by atoms with Crippen molar-refractivity contribution in [3.63, 3.8) is 0 Å². The zero-order chi connectivity index (χ0) is 20.1. The number of amides is 1. The number of ether oxygens (including phenoxy) is 2. The van der Waals surface area contributed by atoms with Crippen LogP contribution in [0.2, 0.25) is 0 Å². The van der Waals surface area contributed by atoms with Gasteiger partial charge in [-0.3, -0.25) is 9.59 Å². The number of benzene rings is 3. The molecule has 0 aromatic heterocycles. The monoisotopic (exact) mass is 377 g/mol. The molecule has 5 heteroatoms. The molecule has 0 saturated carbocycles. The minimum atomic E-state index is -0.184. The van der Waals surface area contributed by atoms with Crippen LogP contribution in [0.4, 0.5) is 5.69 Å². The Morgan fingerprint density at radius 3 is 2.46 bits per heavy atom. The number of carbonyl (C=O) groups excluding carboxylic acids is 2. The maximum absolute atomic E-state index is 12.9. The lowest BCUT2D eigenvalue weighted by Crippen LogP contribution is -2.35. The van der Waals surface area contributed by atoms with Gasteiger partial charge in [0.1, 0.15) is 11.5 Å². The van der Waals surface area contributed by atoms with E-state index in [0.717, 1.165) is 16.5 Å². The van der Waals surface area contributed by atoms with E-state index in [9.17, 15) is 9.59 Å². The second kappa shape index (κ2) is 8.57. The third-order valence-electron chi connectivity index (χ3n) is 4.59. The van der Waals surface area contributed by atoms with E-state index < -0.39 is 0 Å². The lowest BCUT2D eigenvalue weighted by atomic mass is 10.1. The van der Waals surface area contributed by atoms with E-state index in [1.54, 1.807) is 23.1 Å². The molecule has 0 aliphatic carbocycles. The minimum absolute atomic E-state index is 0.133. The maximum atomic E-state index is 12.9. The Labute approximate surface area is 164 Å². The van der Waals surface area contributed by atoms with Crippen LogP contribution in [0.5, 0.6) is 11.5 Å². The van der Waals surface area contributed by atoms with E-state index in [2.05, 4.69) is 0 Å². The molecule has 0 saturated heterocycles. The Balaban J connectivity index is 1.85. The zero-order valence-corrected chi connectivity index (χ0v) is 16.3. The Morgan fingerprint density at radius 2 is 1.75 bits per heavy atom. The summed E-state index contributed by atoms with van der Waals surface area (Å²) in [6.45, 7) is 3.72. The van der Waals surface area contributed by atoms with Gasteiger partial charge in [-0.05, 0) is 37.4 Å². The number of carbonyl (C=O) groups is 2. The molecular formula is C23H23NO4. The van der Waals surface area contributed by atoms with Crippen molar-refractivity contribution in [1.29, 1.82) is 0 Å². The van der Waals surface area contributed by atoms with Crippen LogP contribution in [0.3, 0.4) is 0 Å². The molecule has 0 bridgehead atoms. The third kappa shape index (κ3) is 3.98. The molecule has 3 aromatic rings. The minimum Gasteiger partial charge on any atom is -0.497 e. The summed E-state index contributed by atoms with van der Waals surface area (Å²) in [5, 5.41) is 2.07. The molecule has 0 fully saturated rings. The van der Waals surface area contributed by atoms with Gasteiger partial charge in [-0.25, -0.2) is 0 Å². The fourth-order valence-electron chi connectivity index (χ4n) is 3.18. The molecule has 0 N–H and O–H groups in total. The predicted molar refractivity (Wildman–Crippen MR) is 110 cm³/mol. The molecule has 0 aliphatic rings. The summed E-state index contributed by atoms with van der Waals surface area (Å²) >= 11 is 0. The fraction of sp³-hybridized carbons (Fsp3) is 0.217. The topological polar surface area (TPSA) is 55.8 Å². The van der Waals surface area contributed by atoms with Crippen LogP contribution in [0.1, 0.15) is 24.2 Å². The smallest absolute Gasteiger partial charge is 0.264 e. The largest absolute Gasteiger partial charge is 0.497 e. The highest BCUT2D eigenvalue weighted by Crippen LogP contribution is 2.28. The Bertz CT molecular complexity index is 1010. The summed E-state index contributed by atoms with van der Waals surface area (Å²) in [5.74, 6) is 0.589. The fourth-order valence-corrected chi connectivity index (χ4v) is 3.18. The average Bonchev–Trinajstić information content (AvgIpc) is 2.72. The lowest BCUT2D eigenvalue weighted by molar-refractivity contribution is -0.120. The van der Waals surface area contributed by atoms with Crippen LogP contribution < -0.4 is 14.4 Å². The van der Waals surface area contributed by atoms with Gasteiger partial charge in [-0.2, -0.15) is 0 Å². The highest BCUT2D eigenvalue weighted by atomic mass is 16.5. The van der Waals surface area contributed by atoms with Crippen LogP contribution in [-0.4, -0.2) is 32.0 Å². The van der Waals surface area contributed by atoms with E-state index >= 15 is 0 Å². The highest BCUT2D eigenvalue weighted by molar-refractivity contribution is 6.04. The van der Waals surface area contributed by atoms with Crippen molar-refractivity contribution >= 4 is 28.2 Å². The van der Waals surface area contributed by atoms with Gasteiger partial charge in [0.25, 0.3) is 5.91 Å². The molecule has 0 atom stereocenters. The molecule has 0 radical (unpaired) electrons.